The average molecular weight is 723 g/mol. The minimum absolute atomic E-state index is 0.0328. The number of nitrogens with one attached hydrogen (secondary N) is 4. The fourth-order valence-corrected chi connectivity index (χ4v) is 10.7. The van der Waals surface area contributed by atoms with E-state index in [1.165, 1.54) is 19.3 Å². The summed E-state index contributed by atoms with van der Waals surface area (Å²) in [5.74, 6) is -0.613. The Hall–Kier alpha value is -2.25. The molecule has 2 aliphatic heterocycles. The summed E-state index contributed by atoms with van der Waals surface area (Å²) in [4.78, 5) is 57.6. The van der Waals surface area contributed by atoms with Crippen LogP contribution >= 0.6 is 0 Å². The van der Waals surface area contributed by atoms with Crippen molar-refractivity contribution in [2.75, 3.05) is 45.5 Å². The van der Waals surface area contributed by atoms with Gasteiger partial charge in [0.15, 0.2) is 15.6 Å². The Morgan fingerprint density at radius 3 is 2.14 bits per heavy atom. The summed E-state index contributed by atoms with van der Waals surface area (Å²) in [5, 5.41) is 11.3. The number of piperidine rings is 1. The van der Waals surface area contributed by atoms with Gasteiger partial charge in [-0.25, -0.2) is 13.2 Å². The molecule has 5 rings (SSSR count). The second-order valence-corrected chi connectivity index (χ2v) is 19.7. The quantitative estimate of drug-likeness (QED) is 0.239. The number of ketones is 1. The van der Waals surface area contributed by atoms with Gasteiger partial charge in [-0.2, -0.15) is 0 Å². The molecule has 5 atom stereocenters. The van der Waals surface area contributed by atoms with Gasteiger partial charge in [0.2, 0.25) is 11.8 Å². The van der Waals surface area contributed by atoms with E-state index in [1.807, 2.05) is 32.7 Å². The van der Waals surface area contributed by atoms with Crippen LogP contribution in [0.15, 0.2) is 0 Å². The Labute approximate surface area is 301 Å². The van der Waals surface area contributed by atoms with E-state index in [4.69, 9.17) is 0 Å². The van der Waals surface area contributed by atoms with Crippen LogP contribution < -0.4 is 21.3 Å². The molecule has 0 aromatic heterocycles. The third-order valence-electron chi connectivity index (χ3n) is 11.9. The lowest BCUT2D eigenvalue weighted by molar-refractivity contribution is -0.143. The number of amides is 4. The number of hydrogen-bond acceptors (Lipinski definition) is 8. The molecule has 4 amide bonds. The highest BCUT2D eigenvalue weighted by atomic mass is 32.2. The van der Waals surface area contributed by atoms with Crippen molar-refractivity contribution in [3.8, 4) is 0 Å². The minimum Gasteiger partial charge on any atom is -0.347 e. The van der Waals surface area contributed by atoms with Crippen molar-refractivity contribution in [3.05, 3.63) is 0 Å². The summed E-state index contributed by atoms with van der Waals surface area (Å²) in [6.45, 7) is 15.6. The Balaban J connectivity index is 0.00000105. The minimum atomic E-state index is -3.42. The van der Waals surface area contributed by atoms with Gasteiger partial charge >= 0.3 is 6.03 Å². The maximum atomic E-state index is 14.3. The molecule has 4 N–H and O–H groups in total. The van der Waals surface area contributed by atoms with Gasteiger partial charge in [0.25, 0.3) is 0 Å². The van der Waals surface area contributed by atoms with Crippen LogP contribution in [0.4, 0.5) is 4.79 Å². The van der Waals surface area contributed by atoms with Gasteiger partial charge in [-0.15, -0.1) is 0 Å². The molecule has 2 heterocycles. The summed E-state index contributed by atoms with van der Waals surface area (Å²) in [7, 11) is -1.52. The number of likely N-dealkylation sites (tertiary alicyclic amines) is 1. The van der Waals surface area contributed by atoms with Crippen LogP contribution in [0, 0.1) is 22.7 Å². The number of unbranched alkanes of at least 4 members (excludes halogenated alkanes) is 2. The summed E-state index contributed by atoms with van der Waals surface area (Å²) in [6.07, 6.45) is 9.96. The molecule has 0 spiro atoms. The second-order valence-electron chi connectivity index (χ2n) is 17.4. The molecule has 13 heteroatoms. The van der Waals surface area contributed by atoms with Crippen molar-refractivity contribution >= 4 is 33.5 Å². The highest BCUT2D eigenvalue weighted by Crippen LogP contribution is 2.65. The van der Waals surface area contributed by atoms with Gasteiger partial charge in [0.1, 0.15) is 12.1 Å². The molecule has 2 saturated heterocycles. The van der Waals surface area contributed by atoms with Gasteiger partial charge in [0, 0.05) is 25.7 Å². The SMILES string of the molecule is CCCCC.CN1CCS(=O)(=O)[C@@H](C2(NC(=O)N[C@H](C(=O)N3C[C@H]4[C@@H]([C@H]3C(=O)NCC(=O)CNC3CC3)C4(C)C)C(C)(C)C)CCCCC2)C1. The number of carbonyl (C=O) groups is 4. The Kier molecular flexibility index (Phi) is 13.1. The molecular formula is C37H66N6O6S. The van der Waals surface area contributed by atoms with E-state index in [2.05, 4.69) is 49.0 Å². The van der Waals surface area contributed by atoms with Crippen LogP contribution in [0.3, 0.4) is 0 Å². The molecule has 0 aromatic rings. The number of hydrogen-bond donors (Lipinski definition) is 4. The number of carbonyl (C=O) groups excluding carboxylic acids is 4. The topological polar surface area (TPSA) is 157 Å². The molecule has 0 bridgehead atoms. The average Bonchev–Trinajstić information content (AvgIpc) is 3.91. The highest BCUT2D eigenvalue weighted by molar-refractivity contribution is 7.92. The molecule has 3 aliphatic carbocycles. The summed E-state index contributed by atoms with van der Waals surface area (Å²) in [5.41, 5.74) is -1.71. The molecule has 12 nitrogen and oxygen atoms in total. The fourth-order valence-electron chi connectivity index (χ4n) is 8.41. The number of sulfone groups is 1. The van der Waals surface area contributed by atoms with Crippen LogP contribution in [0.5, 0.6) is 0 Å². The standard InChI is InChI=1S/C32H54N6O6S.C5H12/c1-30(2,3)26(35-29(42)36-32(12-8-7-9-13-32)23-19-37(6)14-15-45(23,43)44)28(41)38-18-22-24(31(22,4)5)25(38)27(40)34-17-21(39)16-33-20-10-11-20;1-3-5-4-2/h20,22-26,33H,7-19H2,1-6H3,(H,34,40)(H2,35,36,42);3-5H2,1-2H3/t22-,23+,24-,25-,26+;/m0./s1. The van der Waals surface area contributed by atoms with E-state index in [0.29, 0.717) is 38.5 Å². The molecule has 3 saturated carbocycles. The number of urea groups is 1. The van der Waals surface area contributed by atoms with Crippen molar-refractivity contribution in [3.63, 3.8) is 0 Å². The van der Waals surface area contributed by atoms with E-state index < -0.39 is 44.2 Å². The van der Waals surface area contributed by atoms with Crippen LogP contribution in [-0.2, 0) is 24.2 Å². The van der Waals surface area contributed by atoms with Gasteiger partial charge in [-0.05, 0) is 55.4 Å². The van der Waals surface area contributed by atoms with Crippen molar-refractivity contribution in [1.29, 1.82) is 0 Å². The van der Waals surface area contributed by atoms with Gasteiger partial charge in [-0.3, -0.25) is 14.4 Å². The van der Waals surface area contributed by atoms with Crippen molar-refractivity contribution in [2.45, 2.75) is 142 Å². The molecule has 0 radical (unpaired) electrons. The lowest BCUT2D eigenvalue weighted by Crippen LogP contribution is -2.68. The molecule has 50 heavy (non-hydrogen) atoms. The summed E-state index contributed by atoms with van der Waals surface area (Å²) >= 11 is 0. The molecule has 5 aliphatic rings. The van der Waals surface area contributed by atoms with Crippen LogP contribution in [0.1, 0.15) is 113 Å². The second kappa shape index (κ2) is 16.2. The van der Waals surface area contributed by atoms with E-state index in [-0.39, 0.29) is 53.7 Å². The largest absolute Gasteiger partial charge is 0.347 e. The Morgan fingerprint density at radius 1 is 0.940 bits per heavy atom. The summed E-state index contributed by atoms with van der Waals surface area (Å²) in [6, 6.07) is -1.86. The predicted molar refractivity (Wildman–Crippen MR) is 196 cm³/mol. The first-order valence-electron chi connectivity index (χ1n) is 19.2. The number of Topliss-reactive ketones (excluding diaryl/α,β-unsaturated/α-hetero) is 1. The predicted octanol–water partition coefficient (Wildman–Crippen LogP) is 3.25. The fraction of sp³-hybridized carbons (Fsp3) is 0.892. The van der Waals surface area contributed by atoms with Crippen LogP contribution in [0.25, 0.3) is 0 Å². The molecule has 0 aromatic carbocycles. The third kappa shape index (κ3) is 9.59. The molecule has 0 unspecified atom stereocenters. The van der Waals surface area contributed by atoms with Gasteiger partial charge in [-0.1, -0.05) is 87.0 Å². The van der Waals surface area contributed by atoms with Crippen molar-refractivity contribution in [1.82, 2.24) is 31.1 Å². The lowest BCUT2D eigenvalue weighted by atomic mass is 9.78. The van der Waals surface area contributed by atoms with Crippen molar-refractivity contribution < 1.29 is 27.6 Å². The lowest BCUT2D eigenvalue weighted by Gasteiger charge is -2.47. The van der Waals surface area contributed by atoms with Gasteiger partial charge < -0.3 is 31.1 Å². The third-order valence-corrected chi connectivity index (χ3v) is 14.1. The van der Waals surface area contributed by atoms with E-state index in [0.717, 1.165) is 32.1 Å². The van der Waals surface area contributed by atoms with Gasteiger partial charge in [0.05, 0.1) is 29.6 Å². The van der Waals surface area contributed by atoms with Crippen molar-refractivity contribution in [2.24, 2.45) is 22.7 Å². The maximum absolute atomic E-state index is 14.3. The number of fused-ring (bicyclic) bond motifs is 1. The molecule has 286 valence electrons. The first-order chi connectivity index (χ1) is 23.4. The zero-order valence-electron chi connectivity index (χ0n) is 32.0. The van der Waals surface area contributed by atoms with E-state index in [1.54, 1.807) is 4.90 Å². The first-order valence-corrected chi connectivity index (χ1v) is 20.9. The zero-order valence-corrected chi connectivity index (χ0v) is 32.8. The van der Waals surface area contributed by atoms with Crippen LogP contribution in [0.2, 0.25) is 0 Å². The molecular weight excluding hydrogens is 657 g/mol. The first kappa shape index (κ1) is 40.5. The molecule has 5 fully saturated rings. The monoisotopic (exact) mass is 722 g/mol. The summed E-state index contributed by atoms with van der Waals surface area (Å²) < 4.78 is 26.6. The Bertz CT molecular complexity index is 1330. The Morgan fingerprint density at radius 2 is 1.58 bits per heavy atom. The van der Waals surface area contributed by atoms with Crippen LogP contribution in [-0.4, -0.2) is 116 Å². The maximum Gasteiger partial charge on any atom is 0.315 e. The van der Waals surface area contributed by atoms with E-state index in [9.17, 15) is 27.6 Å². The number of nitrogens with zero attached hydrogens (tertiary/aromatic N) is 2. The highest BCUT2D eigenvalue weighted by Gasteiger charge is 2.69. The smallest absolute Gasteiger partial charge is 0.315 e. The van der Waals surface area contributed by atoms with E-state index >= 15 is 0 Å². The normalized spacial score (nSPS) is 28.7. The number of rotatable bonds is 12. The zero-order chi connectivity index (χ0) is 37.1.